The minimum Gasteiger partial charge on any atom is -0.340 e. The fraction of sp³-hybridized carbons (Fsp3) is 0.368. The van der Waals surface area contributed by atoms with Crippen LogP contribution in [0.1, 0.15) is 59.7 Å². The Morgan fingerprint density at radius 1 is 1.21 bits per heavy atom. The monoisotopic (exact) mass is 389 g/mol. The Hall–Kier alpha value is -2.97. The Balaban J connectivity index is 1.71. The van der Waals surface area contributed by atoms with E-state index in [9.17, 15) is 18.0 Å². The molecule has 9 heteroatoms. The van der Waals surface area contributed by atoms with E-state index in [0.717, 1.165) is 17.4 Å². The van der Waals surface area contributed by atoms with Gasteiger partial charge in [0, 0.05) is 11.3 Å². The molecule has 0 bridgehead atoms. The molecule has 1 aliphatic rings. The Morgan fingerprint density at radius 2 is 1.93 bits per heavy atom. The second-order valence-electron chi connectivity index (χ2n) is 6.99. The molecule has 0 aliphatic heterocycles. The van der Waals surface area contributed by atoms with E-state index >= 15 is 0 Å². The lowest BCUT2D eigenvalue weighted by Gasteiger charge is -2.30. The summed E-state index contributed by atoms with van der Waals surface area (Å²) in [4.78, 5) is 20.9. The topological polar surface area (TPSA) is 72.2 Å². The third kappa shape index (κ3) is 3.10. The number of fused-ring (bicyclic) bond motifs is 1. The third-order valence-electron chi connectivity index (χ3n) is 5.09. The number of carbonyl (C=O) groups excluding carboxylic acids is 1. The molecule has 1 aliphatic carbocycles. The molecule has 4 rings (SSSR count). The van der Waals surface area contributed by atoms with Crippen LogP contribution >= 0.6 is 0 Å². The van der Waals surface area contributed by atoms with Crippen LogP contribution in [0.5, 0.6) is 0 Å². The Kier molecular flexibility index (Phi) is 4.52. The van der Waals surface area contributed by atoms with Gasteiger partial charge in [0.2, 0.25) is 5.82 Å². The largest absolute Gasteiger partial charge is 0.340 e. The van der Waals surface area contributed by atoms with Gasteiger partial charge in [-0.2, -0.15) is 9.50 Å². The van der Waals surface area contributed by atoms with Crippen LogP contribution in [0.25, 0.3) is 5.78 Å². The first-order valence-corrected chi connectivity index (χ1v) is 9.00. The van der Waals surface area contributed by atoms with Gasteiger partial charge < -0.3 is 5.32 Å². The zero-order chi connectivity index (χ0) is 19.9. The number of nitrogens with one attached hydrogen (secondary N) is 1. The van der Waals surface area contributed by atoms with E-state index in [1.54, 1.807) is 25.1 Å². The Morgan fingerprint density at radius 3 is 2.61 bits per heavy atom. The van der Waals surface area contributed by atoms with Crippen molar-refractivity contribution in [3.05, 3.63) is 58.9 Å². The predicted octanol–water partition coefficient (Wildman–Crippen LogP) is 3.71. The minimum absolute atomic E-state index is 0.0770. The maximum Gasteiger partial charge on any atom is 0.291 e. The number of rotatable bonds is 4. The van der Waals surface area contributed by atoms with Gasteiger partial charge in [-0.05, 0) is 31.9 Å². The van der Waals surface area contributed by atoms with Gasteiger partial charge in [-0.3, -0.25) is 4.79 Å². The first-order valence-electron chi connectivity index (χ1n) is 9.00. The standard InChI is InChI=1S/C19H18F3N5O/c1-11-10-14(15(21)22)27-18(23-11)24-16(26-27)17(28)25-19(8-4-5-9-19)12-6-2-3-7-13(12)20/h2-3,6-7,10,15H,4-5,8-9H2,1H3,(H,25,28). The number of nitrogens with zero attached hydrogens (tertiary/aromatic N) is 4. The molecule has 0 saturated heterocycles. The molecule has 6 nitrogen and oxygen atoms in total. The molecule has 1 amide bonds. The van der Waals surface area contributed by atoms with Gasteiger partial charge in [-0.1, -0.05) is 31.0 Å². The van der Waals surface area contributed by atoms with Crippen molar-refractivity contribution < 1.29 is 18.0 Å². The van der Waals surface area contributed by atoms with Crippen LogP contribution in [0, 0.1) is 12.7 Å². The summed E-state index contributed by atoms with van der Waals surface area (Å²) in [5.74, 6) is -1.40. The molecule has 28 heavy (non-hydrogen) atoms. The van der Waals surface area contributed by atoms with Crippen LogP contribution < -0.4 is 5.32 Å². The molecule has 146 valence electrons. The van der Waals surface area contributed by atoms with Crippen LogP contribution in [0.2, 0.25) is 0 Å². The van der Waals surface area contributed by atoms with Crippen molar-refractivity contribution in [2.24, 2.45) is 0 Å². The molecule has 0 atom stereocenters. The molecule has 1 aromatic carbocycles. The maximum absolute atomic E-state index is 14.4. The van der Waals surface area contributed by atoms with E-state index in [1.807, 2.05) is 0 Å². The highest BCUT2D eigenvalue weighted by molar-refractivity contribution is 5.91. The Labute approximate surface area is 158 Å². The lowest BCUT2D eigenvalue weighted by atomic mass is 9.87. The fourth-order valence-electron chi connectivity index (χ4n) is 3.83. The summed E-state index contributed by atoms with van der Waals surface area (Å²) in [6.45, 7) is 1.56. The molecule has 2 heterocycles. The van der Waals surface area contributed by atoms with Crippen LogP contribution in [-0.4, -0.2) is 25.5 Å². The zero-order valence-corrected chi connectivity index (χ0v) is 15.1. The molecule has 1 N–H and O–H groups in total. The molecule has 1 saturated carbocycles. The molecular formula is C19H18F3N5O. The average molecular weight is 389 g/mol. The van der Waals surface area contributed by atoms with E-state index < -0.39 is 29.4 Å². The number of alkyl halides is 2. The molecular weight excluding hydrogens is 371 g/mol. The number of carbonyl (C=O) groups is 1. The number of halogens is 3. The van der Waals surface area contributed by atoms with Crippen LogP contribution in [0.15, 0.2) is 30.3 Å². The van der Waals surface area contributed by atoms with E-state index in [4.69, 9.17) is 0 Å². The summed E-state index contributed by atoms with van der Waals surface area (Å²) in [6.07, 6.45) is 0.0354. The predicted molar refractivity (Wildman–Crippen MR) is 94.5 cm³/mol. The number of hydrogen-bond acceptors (Lipinski definition) is 4. The number of aryl methyl sites for hydroxylation is 1. The summed E-state index contributed by atoms with van der Waals surface area (Å²) in [5, 5.41) is 6.78. The maximum atomic E-state index is 14.4. The highest BCUT2D eigenvalue weighted by atomic mass is 19.3. The quantitative estimate of drug-likeness (QED) is 0.738. The average Bonchev–Trinajstić information content (AvgIpc) is 3.28. The van der Waals surface area contributed by atoms with Crippen molar-refractivity contribution in [1.82, 2.24) is 24.9 Å². The van der Waals surface area contributed by atoms with Gasteiger partial charge in [-0.15, -0.1) is 5.10 Å². The number of hydrogen-bond donors (Lipinski definition) is 1. The summed E-state index contributed by atoms with van der Waals surface area (Å²) in [7, 11) is 0. The SMILES string of the molecule is Cc1cc(C(F)F)n2nc(C(=O)NC3(c4ccccc4F)CCCC3)nc2n1. The second kappa shape index (κ2) is 6.88. The normalized spacial score (nSPS) is 16.0. The van der Waals surface area contributed by atoms with Crippen molar-refractivity contribution in [1.29, 1.82) is 0 Å². The van der Waals surface area contributed by atoms with Crippen molar-refractivity contribution in [2.75, 3.05) is 0 Å². The fourth-order valence-corrected chi connectivity index (χ4v) is 3.83. The highest BCUT2D eigenvalue weighted by Crippen LogP contribution is 2.40. The summed E-state index contributed by atoms with van der Waals surface area (Å²) >= 11 is 0. The summed E-state index contributed by atoms with van der Waals surface area (Å²) < 4.78 is 41.9. The molecule has 0 spiro atoms. The van der Waals surface area contributed by atoms with Crippen LogP contribution in [0.4, 0.5) is 13.2 Å². The minimum atomic E-state index is -2.79. The molecule has 1 fully saturated rings. The smallest absolute Gasteiger partial charge is 0.291 e. The van der Waals surface area contributed by atoms with Crippen molar-refractivity contribution >= 4 is 11.7 Å². The zero-order valence-electron chi connectivity index (χ0n) is 15.1. The van der Waals surface area contributed by atoms with E-state index in [2.05, 4.69) is 20.4 Å². The van der Waals surface area contributed by atoms with Gasteiger partial charge in [0.25, 0.3) is 18.1 Å². The van der Waals surface area contributed by atoms with Crippen molar-refractivity contribution in [2.45, 2.75) is 44.6 Å². The van der Waals surface area contributed by atoms with Gasteiger partial charge in [0.1, 0.15) is 11.5 Å². The molecule has 3 aromatic rings. The van der Waals surface area contributed by atoms with Gasteiger partial charge in [0.15, 0.2) is 0 Å². The van der Waals surface area contributed by atoms with Gasteiger partial charge >= 0.3 is 0 Å². The summed E-state index contributed by atoms with van der Waals surface area (Å²) in [5.41, 5.74) is -0.499. The van der Waals surface area contributed by atoms with E-state index in [1.165, 1.54) is 12.1 Å². The van der Waals surface area contributed by atoms with Crippen LogP contribution in [0.3, 0.4) is 0 Å². The number of benzene rings is 1. The van der Waals surface area contributed by atoms with E-state index in [0.29, 0.717) is 24.1 Å². The molecule has 2 aromatic heterocycles. The summed E-state index contributed by atoms with van der Waals surface area (Å²) in [6, 6.07) is 7.51. The van der Waals surface area contributed by atoms with E-state index in [-0.39, 0.29) is 11.6 Å². The first-order chi connectivity index (χ1) is 13.4. The van der Waals surface area contributed by atoms with Crippen molar-refractivity contribution in [3.8, 4) is 0 Å². The van der Waals surface area contributed by atoms with Gasteiger partial charge in [0.05, 0.1) is 5.54 Å². The van der Waals surface area contributed by atoms with Gasteiger partial charge in [-0.25, -0.2) is 18.2 Å². The lowest BCUT2D eigenvalue weighted by Crippen LogP contribution is -2.44. The second-order valence-corrected chi connectivity index (χ2v) is 6.99. The number of aromatic nitrogens is 4. The first kappa shape index (κ1) is 18.4. The number of amides is 1. The van der Waals surface area contributed by atoms with Crippen LogP contribution in [-0.2, 0) is 5.54 Å². The highest BCUT2D eigenvalue weighted by Gasteiger charge is 2.39. The molecule has 0 unspecified atom stereocenters. The molecule has 0 radical (unpaired) electrons. The van der Waals surface area contributed by atoms with Crippen molar-refractivity contribution in [3.63, 3.8) is 0 Å². The Bertz CT molecular complexity index is 1040. The third-order valence-corrected chi connectivity index (χ3v) is 5.09. The lowest BCUT2D eigenvalue weighted by molar-refractivity contribution is 0.0885.